The number of hydrogen-bond donors (Lipinski definition) is 0. The van der Waals surface area contributed by atoms with Crippen molar-refractivity contribution in [3.8, 4) is 11.5 Å². The third kappa shape index (κ3) is 3.52. The molecule has 0 spiro atoms. The third-order valence-electron chi connectivity index (χ3n) is 5.06. The van der Waals surface area contributed by atoms with Crippen molar-refractivity contribution in [3.63, 3.8) is 0 Å². The molecule has 2 heterocycles. The summed E-state index contributed by atoms with van der Waals surface area (Å²) in [7, 11) is -0.696. The zero-order valence-corrected chi connectivity index (χ0v) is 17.6. The lowest BCUT2D eigenvalue weighted by atomic mass is 9.92. The van der Waals surface area contributed by atoms with E-state index in [0.29, 0.717) is 24.5 Å². The van der Waals surface area contributed by atoms with E-state index in [1.165, 1.54) is 39.9 Å². The van der Waals surface area contributed by atoms with Crippen LogP contribution in [0.2, 0.25) is 0 Å². The van der Waals surface area contributed by atoms with Crippen LogP contribution < -0.4 is 9.47 Å². The Balaban J connectivity index is 1.87. The molecule has 1 atom stereocenters. The summed E-state index contributed by atoms with van der Waals surface area (Å²) in [6.07, 6.45) is 0.540. The maximum absolute atomic E-state index is 13.4. The fraction of sp³-hybridized carbons (Fsp3) is 0.238. The van der Waals surface area contributed by atoms with Gasteiger partial charge in [0.05, 0.1) is 25.2 Å². The van der Waals surface area contributed by atoms with Gasteiger partial charge in [0, 0.05) is 11.4 Å². The molecule has 0 saturated heterocycles. The number of fused-ring (bicyclic) bond motifs is 1. The Morgan fingerprint density at radius 2 is 1.76 bits per heavy atom. The monoisotopic (exact) mass is 433 g/mol. The molecule has 4 rings (SSSR count). The molecule has 2 aromatic carbocycles. The first kappa shape index (κ1) is 19.9. The minimum Gasteiger partial charge on any atom is -0.493 e. The molecule has 29 heavy (non-hydrogen) atoms. The molecule has 0 fully saturated rings. The molecule has 0 unspecified atom stereocenters. The molecule has 0 radical (unpaired) electrons. The zero-order valence-electron chi connectivity index (χ0n) is 16.0. The standard InChI is InChI=1S/C21H20FNO4S2/c1-26-18-12-14-9-10-23(29(24,25)16-7-5-15(22)6-8-16)21(20-4-3-11-28-20)17(14)13-19(18)27-2/h3-8,11-13,21H,9-10H2,1-2H3/t21-/m0/s1. The van der Waals surface area contributed by atoms with Crippen LogP contribution in [-0.4, -0.2) is 33.5 Å². The number of halogens is 1. The van der Waals surface area contributed by atoms with Crippen LogP contribution in [0.4, 0.5) is 4.39 Å². The largest absolute Gasteiger partial charge is 0.493 e. The molecule has 1 aromatic heterocycles. The molecule has 0 amide bonds. The van der Waals surface area contributed by atoms with E-state index in [4.69, 9.17) is 9.47 Å². The highest BCUT2D eigenvalue weighted by Crippen LogP contribution is 2.44. The number of hydrogen-bond acceptors (Lipinski definition) is 5. The lowest BCUT2D eigenvalue weighted by Crippen LogP contribution is -2.40. The van der Waals surface area contributed by atoms with Gasteiger partial charge in [-0.2, -0.15) is 4.31 Å². The predicted molar refractivity (Wildman–Crippen MR) is 110 cm³/mol. The van der Waals surface area contributed by atoms with Crippen LogP contribution in [0.15, 0.2) is 58.8 Å². The van der Waals surface area contributed by atoms with Crippen molar-refractivity contribution in [3.05, 3.63) is 75.7 Å². The fourth-order valence-electron chi connectivity index (χ4n) is 3.67. The van der Waals surface area contributed by atoms with Crippen molar-refractivity contribution < 1.29 is 22.3 Å². The van der Waals surface area contributed by atoms with E-state index in [1.54, 1.807) is 14.2 Å². The second-order valence-electron chi connectivity index (χ2n) is 6.64. The highest BCUT2D eigenvalue weighted by Gasteiger charge is 2.38. The normalized spacial score (nSPS) is 17.0. The van der Waals surface area contributed by atoms with Gasteiger partial charge in [-0.25, -0.2) is 12.8 Å². The first-order valence-corrected chi connectivity index (χ1v) is 11.3. The van der Waals surface area contributed by atoms with Crippen LogP contribution in [0.25, 0.3) is 0 Å². The van der Waals surface area contributed by atoms with E-state index >= 15 is 0 Å². The Hall–Kier alpha value is -2.42. The van der Waals surface area contributed by atoms with Gasteiger partial charge in [-0.3, -0.25) is 0 Å². The number of ether oxygens (including phenoxy) is 2. The molecular formula is C21H20FNO4S2. The molecular weight excluding hydrogens is 413 g/mol. The zero-order chi connectivity index (χ0) is 20.6. The first-order chi connectivity index (χ1) is 14.0. The Labute approximate surface area is 173 Å². The third-order valence-corrected chi connectivity index (χ3v) is 7.87. The van der Waals surface area contributed by atoms with E-state index in [1.807, 2.05) is 29.6 Å². The smallest absolute Gasteiger partial charge is 0.243 e. The van der Waals surface area contributed by atoms with Crippen LogP contribution in [-0.2, 0) is 16.4 Å². The molecule has 1 aliphatic rings. The highest BCUT2D eigenvalue weighted by atomic mass is 32.2. The average molecular weight is 434 g/mol. The second-order valence-corrected chi connectivity index (χ2v) is 9.51. The van der Waals surface area contributed by atoms with Crippen LogP contribution in [0, 0.1) is 5.82 Å². The molecule has 3 aromatic rings. The summed E-state index contributed by atoms with van der Waals surface area (Å²) in [5, 5.41) is 1.92. The van der Waals surface area contributed by atoms with E-state index in [9.17, 15) is 12.8 Å². The van der Waals surface area contributed by atoms with Crippen LogP contribution >= 0.6 is 11.3 Å². The summed E-state index contributed by atoms with van der Waals surface area (Å²) < 4.78 is 52.6. The SMILES string of the molecule is COc1cc2c(cc1OC)[C@@H](c1cccs1)N(S(=O)(=O)c1ccc(F)cc1)CC2. The lowest BCUT2D eigenvalue weighted by Gasteiger charge is -2.36. The number of nitrogens with zero attached hydrogens (tertiary/aromatic N) is 1. The Morgan fingerprint density at radius 3 is 2.38 bits per heavy atom. The van der Waals surface area contributed by atoms with Crippen LogP contribution in [0.5, 0.6) is 11.5 Å². The van der Waals surface area contributed by atoms with Crippen molar-refractivity contribution in [2.75, 3.05) is 20.8 Å². The van der Waals surface area contributed by atoms with E-state index in [-0.39, 0.29) is 4.90 Å². The molecule has 0 N–H and O–H groups in total. The van der Waals surface area contributed by atoms with Crippen molar-refractivity contribution in [2.45, 2.75) is 17.4 Å². The van der Waals surface area contributed by atoms with Gasteiger partial charge in [0.2, 0.25) is 10.0 Å². The van der Waals surface area contributed by atoms with E-state index < -0.39 is 21.9 Å². The predicted octanol–water partition coefficient (Wildman–Crippen LogP) is 4.24. The Bertz CT molecular complexity index is 1110. The average Bonchev–Trinajstić information content (AvgIpc) is 3.26. The summed E-state index contributed by atoms with van der Waals surface area (Å²) in [6, 6.07) is 12.0. The van der Waals surface area contributed by atoms with Crippen molar-refractivity contribution in [1.82, 2.24) is 4.31 Å². The fourth-order valence-corrected chi connectivity index (χ4v) is 6.17. The van der Waals surface area contributed by atoms with Gasteiger partial charge in [-0.1, -0.05) is 6.07 Å². The Morgan fingerprint density at radius 1 is 1.07 bits per heavy atom. The molecule has 8 heteroatoms. The minimum atomic E-state index is -3.83. The second kappa shape index (κ2) is 7.78. The maximum Gasteiger partial charge on any atom is 0.243 e. The summed E-state index contributed by atoms with van der Waals surface area (Å²) >= 11 is 1.50. The number of thiophene rings is 1. The van der Waals surface area contributed by atoms with Gasteiger partial charge in [-0.15, -0.1) is 11.3 Å². The summed E-state index contributed by atoms with van der Waals surface area (Å²) in [5.74, 6) is 0.694. The molecule has 1 aliphatic heterocycles. The van der Waals surface area contributed by atoms with E-state index in [0.717, 1.165) is 16.0 Å². The molecule has 152 valence electrons. The van der Waals surface area contributed by atoms with Gasteiger partial charge in [0.25, 0.3) is 0 Å². The topological polar surface area (TPSA) is 55.8 Å². The van der Waals surface area contributed by atoms with Gasteiger partial charge < -0.3 is 9.47 Å². The van der Waals surface area contributed by atoms with Crippen molar-refractivity contribution in [2.24, 2.45) is 0 Å². The number of benzene rings is 2. The van der Waals surface area contributed by atoms with Gasteiger partial charge in [0.1, 0.15) is 5.82 Å². The van der Waals surface area contributed by atoms with Gasteiger partial charge in [0.15, 0.2) is 11.5 Å². The lowest BCUT2D eigenvalue weighted by molar-refractivity contribution is 0.334. The van der Waals surface area contributed by atoms with Gasteiger partial charge >= 0.3 is 0 Å². The minimum absolute atomic E-state index is 0.0735. The Kier molecular flexibility index (Phi) is 5.33. The number of rotatable bonds is 5. The molecule has 0 bridgehead atoms. The number of sulfonamides is 1. The summed E-state index contributed by atoms with van der Waals surface area (Å²) in [4.78, 5) is 0.980. The van der Waals surface area contributed by atoms with Crippen LogP contribution in [0.1, 0.15) is 22.0 Å². The van der Waals surface area contributed by atoms with Crippen molar-refractivity contribution >= 4 is 21.4 Å². The maximum atomic E-state index is 13.4. The molecule has 5 nitrogen and oxygen atoms in total. The summed E-state index contributed by atoms with van der Waals surface area (Å²) in [5.41, 5.74) is 1.88. The van der Waals surface area contributed by atoms with E-state index in [2.05, 4.69) is 0 Å². The van der Waals surface area contributed by atoms with Gasteiger partial charge in [-0.05, 0) is 65.4 Å². The highest BCUT2D eigenvalue weighted by molar-refractivity contribution is 7.89. The van der Waals surface area contributed by atoms with Crippen molar-refractivity contribution in [1.29, 1.82) is 0 Å². The summed E-state index contributed by atoms with van der Waals surface area (Å²) in [6.45, 7) is 0.310. The number of methoxy groups -OCH3 is 2. The van der Waals surface area contributed by atoms with Crippen LogP contribution in [0.3, 0.4) is 0 Å². The quantitative estimate of drug-likeness (QED) is 0.604. The molecule has 0 aliphatic carbocycles. The molecule has 0 saturated carbocycles. The first-order valence-electron chi connectivity index (χ1n) is 9.01.